The number of methoxy groups -OCH3 is 1. The molecule has 188 valence electrons. The highest BCUT2D eigenvalue weighted by atomic mass is 35.5. The highest BCUT2D eigenvalue weighted by Gasteiger charge is 2.15. The predicted octanol–water partition coefficient (Wildman–Crippen LogP) is 4.79. The van der Waals surface area contributed by atoms with E-state index in [1.807, 2.05) is 27.2 Å². The van der Waals surface area contributed by atoms with Crippen molar-refractivity contribution in [1.82, 2.24) is 25.1 Å². The molecule has 2 heterocycles. The fourth-order valence-electron chi connectivity index (χ4n) is 3.43. The lowest BCUT2D eigenvalue weighted by molar-refractivity contribution is 0.413. The number of anilines is 4. The van der Waals surface area contributed by atoms with Crippen molar-refractivity contribution >= 4 is 45.9 Å². The van der Waals surface area contributed by atoms with E-state index < -0.39 is 5.82 Å². The molecule has 0 aliphatic carbocycles. The van der Waals surface area contributed by atoms with Crippen LogP contribution in [0.4, 0.5) is 27.4 Å². The van der Waals surface area contributed by atoms with E-state index >= 15 is 0 Å². The maximum atomic E-state index is 13.8. The van der Waals surface area contributed by atoms with Crippen LogP contribution in [0.1, 0.15) is 0 Å². The smallest absolute Gasteiger partial charge is 0.227 e. The third-order valence-corrected chi connectivity index (χ3v) is 6.51. The van der Waals surface area contributed by atoms with Gasteiger partial charge in [-0.1, -0.05) is 22.9 Å². The van der Waals surface area contributed by atoms with Crippen molar-refractivity contribution in [2.75, 3.05) is 57.3 Å². The minimum absolute atomic E-state index is 0.290. The van der Waals surface area contributed by atoms with Gasteiger partial charge in [-0.15, -0.1) is 10.2 Å². The molecule has 0 aliphatic rings. The Morgan fingerprint density at radius 1 is 1.08 bits per heavy atom. The standard InChI is InChI=1S/C24H26ClFN8OS/c1-33(2)7-8-34(3)20-13-21(35-4)19(12-17(20)27)30-24-28-6-5-18(29-24)23-32-31-22(36-23)14-9-15(25)11-16(26)10-14/h5-6,9-13H,7-8,27H2,1-4H3,(H,28,29,30). The van der Waals surface area contributed by atoms with Crippen molar-refractivity contribution in [3.05, 3.63) is 53.4 Å². The zero-order valence-corrected chi connectivity index (χ0v) is 21.9. The lowest BCUT2D eigenvalue weighted by atomic mass is 10.2. The SMILES string of the molecule is COc1cc(N(C)CCN(C)C)c(N)cc1Nc1nccc(-c2nnc(-c3cc(F)cc(Cl)c3)s2)n1. The number of benzene rings is 2. The largest absolute Gasteiger partial charge is 0.494 e. The summed E-state index contributed by atoms with van der Waals surface area (Å²) in [5.74, 6) is 0.501. The molecule has 0 fully saturated rings. The second kappa shape index (κ2) is 11.0. The molecule has 0 saturated carbocycles. The Balaban J connectivity index is 1.57. The van der Waals surface area contributed by atoms with Crippen LogP contribution in [-0.2, 0) is 0 Å². The molecule has 0 bridgehead atoms. The summed E-state index contributed by atoms with van der Waals surface area (Å²) in [4.78, 5) is 13.1. The number of hydrogen-bond donors (Lipinski definition) is 2. The Hall–Kier alpha value is -3.54. The normalized spacial score (nSPS) is 11.1. The van der Waals surface area contributed by atoms with E-state index in [1.54, 1.807) is 31.5 Å². The summed E-state index contributed by atoms with van der Waals surface area (Å²) in [6.07, 6.45) is 1.62. The molecule has 0 amide bonds. The molecule has 0 unspecified atom stereocenters. The van der Waals surface area contributed by atoms with Crippen molar-refractivity contribution in [1.29, 1.82) is 0 Å². The molecule has 2 aromatic carbocycles. The van der Waals surface area contributed by atoms with Gasteiger partial charge in [-0.25, -0.2) is 14.4 Å². The maximum Gasteiger partial charge on any atom is 0.227 e. The van der Waals surface area contributed by atoms with Gasteiger partial charge in [0.05, 0.1) is 24.2 Å². The Bertz CT molecular complexity index is 1350. The summed E-state index contributed by atoms with van der Waals surface area (Å²) in [6.45, 7) is 1.70. The van der Waals surface area contributed by atoms with Crippen LogP contribution >= 0.6 is 22.9 Å². The zero-order valence-electron chi connectivity index (χ0n) is 20.3. The van der Waals surface area contributed by atoms with Crippen LogP contribution in [0, 0.1) is 5.82 Å². The molecule has 12 heteroatoms. The molecule has 0 radical (unpaired) electrons. The predicted molar refractivity (Wildman–Crippen MR) is 144 cm³/mol. The summed E-state index contributed by atoms with van der Waals surface area (Å²) in [5.41, 5.74) is 9.56. The first kappa shape index (κ1) is 25.5. The topological polar surface area (TPSA) is 105 Å². The van der Waals surface area contributed by atoms with Crippen LogP contribution in [0.2, 0.25) is 5.02 Å². The number of nitrogen functional groups attached to an aromatic ring is 1. The zero-order chi connectivity index (χ0) is 25.8. The van der Waals surface area contributed by atoms with Gasteiger partial charge in [-0.05, 0) is 44.4 Å². The van der Waals surface area contributed by atoms with Gasteiger partial charge < -0.3 is 25.6 Å². The summed E-state index contributed by atoms with van der Waals surface area (Å²) in [6, 6.07) is 9.65. The van der Waals surface area contributed by atoms with E-state index in [1.165, 1.54) is 23.5 Å². The third kappa shape index (κ3) is 5.99. The molecule has 0 aliphatic heterocycles. The number of aromatic nitrogens is 4. The molecule has 3 N–H and O–H groups in total. The number of nitrogens with zero attached hydrogens (tertiary/aromatic N) is 6. The first-order valence-corrected chi connectivity index (χ1v) is 12.2. The van der Waals surface area contributed by atoms with Gasteiger partial charge in [-0.3, -0.25) is 0 Å². The van der Waals surface area contributed by atoms with Crippen LogP contribution in [-0.4, -0.2) is 66.4 Å². The van der Waals surface area contributed by atoms with Crippen molar-refractivity contribution in [3.8, 4) is 27.0 Å². The molecule has 4 rings (SSSR count). The van der Waals surface area contributed by atoms with Crippen molar-refractivity contribution in [2.24, 2.45) is 0 Å². The molecule has 2 aromatic heterocycles. The van der Waals surface area contributed by atoms with E-state index in [4.69, 9.17) is 22.1 Å². The summed E-state index contributed by atoms with van der Waals surface area (Å²) in [5, 5.41) is 12.9. The Kier molecular flexibility index (Phi) is 7.82. The van der Waals surface area contributed by atoms with Gasteiger partial charge in [0.15, 0.2) is 5.01 Å². The van der Waals surface area contributed by atoms with E-state index in [2.05, 4.69) is 35.3 Å². The van der Waals surface area contributed by atoms with Crippen LogP contribution in [0.5, 0.6) is 5.75 Å². The number of halogens is 2. The summed E-state index contributed by atoms with van der Waals surface area (Å²) < 4.78 is 19.4. The lowest BCUT2D eigenvalue weighted by Gasteiger charge is -2.24. The fraction of sp³-hybridized carbons (Fsp3) is 0.250. The van der Waals surface area contributed by atoms with Crippen LogP contribution < -0.4 is 20.7 Å². The first-order valence-electron chi connectivity index (χ1n) is 11.0. The van der Waals surface area contributed by atoms with Gasteiger partial charge >= 0.3 is 0 Å². The Labute approximate surface area is 217 Å². The first-order chi connectivity index (χ1) is 17.2. The minimum atomic E-state index is -0.439. The minimum Gasteiger partial charge on any atom is -0.494 e. The van der Waals surface area contributed by atoms with Crippen molar-refractivity contribution < 1.29 is 9.13 Å². The lowest BCUT2D eigenvalue weighted by Crippen LogP contribution is -2.29. The number of hydrogen-bond acceptors (Lipinski definition) is 10. The Morgan fingerprint density at radius 2 is 1.86 bits per heavy atom. The molecule has 4 aromatic rings. The highest BCUT2D eigenvalue weighted by Crippen LogP contribution is 2.36. The van der Waals surface area contributed by atoms with Crippen LogP contribution in [0.15, 0.2) is 42.6 Å². The van der Waals surface area contributed by atoms with E-state index in [-0.39, 0.29) is 0 Å². The number of rotatable bonds is 9. The van der Waals surface area contributed by atoms with Gasteiger partial charge in [0.25, 0.3) is 0 Å². The molecular weight excluding hydrogens is 503 g/mol. The van der Waals surface area contributed by atoms with E-state index in [9.17, 15) is 4.39 Å². The van der Waals surface area contributed by atoms with Crippen molar-refractivity contribution in [2.45, 2.75) is 0 Å². The fourth-order valence-corrected chi connectivity index (χ4v) is 4.45. The second-order valence-electron chi connectivity index (χ2n) is 8.30. The highest BCUT2D eigenvalue weighted by molar-refractivity contribution is 7.17. The van der Waals surface area contributed by atoms with E-state index in [0.29, 0.717) is 49.4 Å². The number of nitrogens with one attached hydrogen (secondary N) is 1. The van der Waals surface area contributed by atoms with Gasteiger partial charge in [0.1, 0.15) is 22.3 Å². The molecule has 36 heavy (non-hydrogen) atoms. The monoisotopic (exact) mass is 528 g/mol. The van der Waals surface area contributed by atoms with Gasteiger partial charge in [-0.2, -0.15) is 0 Å². The summed E-state index contributed by atoms with van der Waals surface area (Å²) >= 11 is 7.25. The molecule has 9 nitrogen and oxygen atoms in total. The number of ether oxygens (including phenoxy) is 1. The van der Waals surface area contributed by atoms with E-state index in [0.717, 1.165) is 18.8 Å². The van der Waals surface area contributed by atoms with Crippen molar-refractivity contribution in [3.63, 3.8) is 0 Å². The van der Waals surface area contributed by atoms with Crippen LogP contribution in [0.3, 0.4) is 0 Å². The molecule has 0 atom stereocenters. The Morgan fingerprint density at radius 3 is 2.58 bits per heavy atom. The summed E-state index contributed by atoms with van der Waals surface area (Å²) in [7, 11) is 7.64. The molecule has 0 spiro atoms. The van der Waals surface area contributed by atoms with Gasteiger partial charge in [0.2, 0.25) is 5.95 Å². The quantitative estimate of drug-likeness (QED) is 0.297. The molecule has 0 saturated heterocycles. The van der Waals surface area contributed by atoms with Gasteiger partial charge in [0, 0.05) is 43.0 Å². The average molecular weight is 529 g/mol. The number of nitrogens with two attached hydrogens (primary N) is 1. The maximum absolute atomic E-state index is 13.8. The average Bonchev–Trinajstić information content (AvgIpc) is 3.33. The molecular formula is C24H26ClFN8OS. The second-order valence-corrected chi connectivity index (χ2v) is 9.71. The van der Waals surface area contributed by atoms with Crippen LogP contribution in [0.25, 0.3) is 21.3 Å². The third-order valence-electron chi connectivity index (χ3n) is 5.30. The number of likely N-dealkylation sites (N-methyl/N-ethyl adjacent to an activating group) is 2.